The molecule has 0 aliphatic carbocycles. The highest BCUT2D eigenvalue weighted by Crippen LogP contribution is 2.10. The molecule has 1 fully saturated rings. The van der Waals surface area contributed by atoms with E-state index < -0.39 is 0 Å². The van der Waals surface area contributed by atoms with Gasteiger partial charge in [0.15, 0.2) is 0 Å². The molecule has 1 aromatic rings. The molecule has 1 heterocycles. The first-order valence-corrected chi connectivity index (χ1v) is 7.49. The minimum atomic E-state index is 0. The van der Waals surface area contributed by atoms with Gasteiger partial charge in [-0.15, -0.1) is 12.4 Å². The van der Waals surface area contributed by atoms with E-state index in [2.05, 4.69) is 5.32 Å². The zero-order valence-electron chi connectivity index (χ0n) is 13.0. The third-order valence-electron chi connectivity index (χ3n) is 3.75. The first-order chi connectivity index (χ1) is 10.2. The fourth-order valence-corrected chi connectivity index (χ4v) is 2.52. The molecule has 0 saturated carbocycles. The lowest BCUT2D eigenvalue weighted by Crippen LogP contribution is -2.38. The summed E-state index contributed by atoms with van der Waals surface area (Å²) in [6, 6.07) is 9.32. The summed E-state index contributed by atoms with van der Waals surface area (Å²) in [4.78, 5) is 28.2. The second-order valence-electron chi connectivity index (χ2n) is 5.25. The maximum absolute atomic E-state index is 12.4. The third-order valence-corrected chi connectivity index (χ3v) is 3.75. The summed E-state index contributed by atoms with van der Waals surface area (Å²) in [5.74, 6) is 0.221. The average molecular weight is 326 g/mol. The van der Waals surface area contributed by atoms with Crippen LogP contribution in [-0.2, 0) is 4.79 Å². The molecule has 22 heavy (non-hydrogen) atoms. The van der Waals surface area contributed by atoms with Gasteiger partial charge in [-0.2, -0.15) is 0 Å². The number of halogens is 1. The fraction of sp³-hybridized carbons (Fsp3) is 0.500. The quantitative estimate of drug-likeness (QED) is 0.910. The Balaban J connectivity index is 0.00000242. The molecule has 1 aliphatic rings. The summed E-state index contributed by atoms with van der Waals surface area (Å²) in [5.41, 5.74) is 0.715. The highest BCUT2D eigenvalue weighted by Gasteiger charge is 2.22. The summed E-state index contributed by atoms with van der Waals surface area (Å²) in [7, 11) is 1.84. The molecule has 0 atom stereocenters. The molecule has 1 saturated heterocycles. The molecular weight excluding hydrogens is 302 g/mol. The first kappa shape index (κ1) is 18.5. The van der Waals surface area contributed by atoms with E-state index in [9.17, 15) is 9.59 Å². The van der Waals surface area contributed by atoms with E-state index in [0.29, 0.717) is 38.2 Å². The minimum Gasteiger partial charge on any atom is -0.341 e. The van der Waals surface area contributed by atoms with Crippen LogP contribution in [0.5, 0.6) is 0 Å². The Labute approximate surface area is 138 Å². The Bertz CT molecular complexity index is 482. The highest BCUT2D eigenvalue weighted by atomic mass is 35.5. The smallest absolute Gasteiger partial charge is 0.253 e. The van der Waals surface area contributed by atoms with Crippen molar-refractivity contribution in [3.05, 3.63) is 35.9 Å². The number of nitrogens with zero attached hydrogens (tertiary/aromatic N) is 2. The van der Waals surface area contributed by atoms with Gasteiger partial charge in [0.05, 0.1) is 0 Å². The van der Waals surface area contributed by atoms with Gasteiger partial charge < -0.3 is 15.1 Å². The molecule has 0 unspecified atom stereocenters. The zero-order valence-corrected chi connectivity index (χ0v) is 13.8. The van der Waals surface area contributed by atoms with Gasteiger partial charge in [0.25, 0.3) is 5.91 Å². The van der Waals surface area contributed by atoms with Crippen molar-refractivity contribution in [1.82, 2.24) is 15.1 Å². The van der Waals surface area contributed by atoms with Gasteiger partial charge in [0, 0.05) is 44.7 Å². The lowest BCUT2D eigenvalue weighted by Gasteiger charge is -2.22. The number of rotatable bonds is 4. The molecule has 1 aromatic carbocycles. The average Bonchev–Trinajstić information content (AvgIpc) is 2.79. The molecule has 2 amide bonds. The summed E-state index contributed by atoms with van der Waals surface area (Å²) in [6.07, 6.45) is 1.35. The van der Waals surface area contributed by atoms with Gasteiger partial charge in [-0.25, -0.2) is 0 Å². The van der Waals surface area contributed by atoms with Crippen LogP contribution in [0.3, 0.4) is 0 Å². The van der Waals surface area contributed by atoms with Crippen LogP contribution in [0.1, 0.15) is 23.2 Å². The van der Waals surface area contributed by atoms with Crippen LogP contribution >= 0.6 is 12.4 Å². The van der Waals surface area contributed by atoms with Crippen molar-refractivity contribution in [2.24, 2.45) is 0 Å². The van der Waals surface area contributed by atoms with Crippen LogP contribution in [0.2, 0.25) is 0 Å². The molecule has 1 N–H and O–H groups in total. The van der Waals surface area contributed by atoms with Crippen LogP contribution in [0.4, 0.5) is 0 Å². The van der Waals surface area contributed by atoms with Crippen molar-refractivity contribution in [3.8, 4) is 0 Å². The van der Waals surface area contributed by atoms with E-state index in [1.807, 2.05) is 47.2 Å². The van der Waals surface area contributed by atoms with Crippen LogP contribution in [0.15, 0.2) is 30.3 Å². The normalized spacial score (nSPS) is 15.0. The number of hydrogen-bond acceptors (Lipinski definition) is 3. The van der Waals surface area contributed by atoms with E-state index >= 15 is 0 Å². The number of amides is 2. The lowest BCUT2D eigenvalue weighted by atomic mass is 10.2. The molecule has 0 aromatic heterocycles. The Morgan fingerprint density at radius 3 is 2.36 bits per heavy atom. The van der Waals surface area contributed by atoms with Crippen molar-refractivity contribution in [2.45, 2.75) is 12.8 Å². The number of benzene rings is 1. The first-order valence-electron chi connectivity index (χ1n) is 7.49. The lowest BCUT2D eigenvalue weighted by molar-refractivity contribution is -0.130. The van der Waals surface area contributed by atoms with Gasteiger partial charge in [-0.05, 0) is 25.6 Å². The molecule has 5 nitrogen and oxygen atoms in total. The van der Waals surface area contributed by atoms with E-state index in [1.165, 1.54) is 0 Å². The number of nitrogens with one attached hydrogen (secondary N) is 1. The van der Waals surface area contributed by atoms with Crippen molar-refractivity contribution in [1.29, 1.82) is 0 Å². The molecule has 0 spiro atoms. The molecule has 0 radical (unpaired) electrons. The SMILES string of the molecule is CNCCC(=O)N1CCCN(C(=O)c2ccccc2)CC1.Cl. The second kappa shape index (κ2) is 9.43. The van der Waals surface area contributed by atoms with Gasteiger partial charge in [0.1, 0.15) is 0 Å². The Hall–Kier alpha value is -1.59. The summed E-state index contributed by atoms with van der Waals surface area (Å²) < 4.78 is 0. The number of hydrogen-bond donors (Lipinski definition) is 1. The van der Waals surface area contributed by atoms with E-state index in [1.54, 1.807) is 0 Å². The van der Waals surface area contributed by atoms with Crippen molar-refractivity contribution >= 4 is 24.2 Å². The molecule has 122 valence electrons. The second-order valence-corrected chi connectivity index (χ2v) is 5.25. The third kappa shape index (κ3) is 5.00. The van der Waals surface area contributed by atoms with Gasteiger partial charge in [0.2, 0.25) is 5.91 Å². The molecular formula is C16H24ClN3O2. The summed E-state index contributed by atoms with van der Waals surface area (Å²) >= 11 is 0. The Morgan fingerprint density at radius 2 is 1.68 bits per heavy atom. The maximum atomic E-state index is 12.4. The zero-order chi connectivity index (χ0) is 15.1. The predicted molar refractivity (Wildman–Crippen MR) is 89.3 cm³/mol. The molecule has 2 rings (SSSR count). The van der Waals surface area contributed by atoms with E-state index in [4.69, 9.17) is 0 Å². The van der Waals surface area contributed by atoms with E-state index in [0.717, 1.165) is 13.0 Å². The van der Waals surface area contributed by atoms with Crippen LogP contribution in [0, 0.1) is 0 Å². The Kier molecular flexibility index (Phi) is 7.91. The van der Waals surface area contributed by atoms with Crippen LogP contribution in [-0.4, -0.2) is 61.4 Å². The van der Waals surface area contributed by atoms with E-state index in [-0.39, 0.29) is 24.2 Å². The topological polar surface area (TPSA) is 52.7 Å². The minimum absolute atomic E-state index is 0. The largest absolute Gasteiger partial charge is 0.341 e. The van der Waals surface area contributed by atoms with Crippen LogP contribution in [0.25, 0.3) is 0 Å². The monoisotopic (exact) mass is 325 g/mol. The standard InChI is InChI=1S/C16H23N3O2.ClH/c1-17-9-8-15(20)18-10-5-11-19(13-12-18)16(21)14-6-3-2-4-7-14;/h2-4,6-7,17H,5,8-13H2,1H3;1H. The van der Waals surface area contributed by atoms with Gasteiger partial charge in [-0.3, -0.25) is 9.59 Å². The number of carbonyl (C=O) groups excluding carboxylic acids is 2. The van der Waals surface area contributed by atoms with Gasteiger partial charge in [-0.1, -0.05) is 18.2 Å². The Morgan fingerprint density at radius 1 is 1.05 bits per heavy atom. The maximum Gasteiger partial charge on any atom is 0.253 e. The van der Waals surface area contributed by atoms with Crippen LogP contribution < -0.4 is 5.32 Å². The summed E-state index contributed by atoms with van der Waals surface area (Å²) in [5, 5.41) is 2.99. The predicted octanol–water partition coefficient (Wildman–Crippen LogP) is 1.39. The number of carbonyl (C=O) groups is 2. The van der Waals surface area contributed by atoms with Crippen molar-refractivity contribution < 1.29 is 9.59 Å². The molecule has 0 bridgehead atoms. The highest BCUT2D eigenvalue weighted by molar-refractivity contribution is 5.94. The van der Waals surface area contributed by atoms with Gasteiger partial charge >= 0.3 is 0 Å². The fourth-order valence-electron chi connectivity index (χ4n) is 2.52. The van der Waals surface area contributed by atoms with Crippen molar-refractivity contribution in [2.75, 3.05) is 39.8 Å². The molecule has 6 heteroatoms. The molecule has 1 aliphatic heterocycles. The van der Waals surface area contributed by atoms with Crippen molar-refractivity contribution in [3.63, 3.8) is 0 Å². The summed E-state index contributed by atoms with van der Waals surface area (Å²) in [6.45, 7) is 3.38.